The number of carbonyl (C=O) groups excluding carboxylic acids is 1. The molecule has 0 aliphatic heterocycles. The first-order valence-corrected chi connectivity index (χ1v) is 9.32. The Balaban J connectivity index is 0.00000450. The average Bonchev–Trinajstić information content (AvgIpc) is 2.76. The van der Waals surface area contributed by atoms with Crippen molar-refractivity contribution in [2.24, 2.45) is 4.99 Å². The van der Waals surface area contributed by atoms with Gasteiger partial charge in [-0.3, -0.25) is 9.79 Å². The smallest absolute Gasteiger partial charge is 0.251 e. The van der Waals surface area contributed by atoms with Crippen LogP contribution in [0.15, 0.2) is 47.5 Å². The largest absolute Gasteiger partial charge is 0.497 e. The molecule has 164 valence electrons. The Hall–Kier alpha value is -2.69. The summed E-state index contributed by atoms with van der Waals surface area (Å²) in [5, 5.41) is 9.20. The Morgan fingerprint density at radius 1 is 1.00 bits per heavy atom. The van der Waals surface area contributed by atoms with Crippen LogP contribution >= 0.6 is 24.0 Å². The van der Waals surface area contributed by atoms with Crippen LogP contribution in [-0.2, 0) is 0 Å². The van der Waals surface area contributed by atoms with Crippen LogP contribution in [0.3, 0.4) is 0 Å². The summed E-state index contributed by atoms with van der Waals surface area (Å²) < 4.78 is 16.0. The van der Waals surface area contributed by atoms with Crippen LogP contribution in [0.1, 0.15) is 17.3 Å². The van der Waals surface area contributed by atoms with Gasteiger partial charge in [-0.05, 0) is 37.3 Å². The molecule has 2 aromatic rings. The van der Waals surface area contributed by atoms with Gasteiger partial charge in [0.1, 0.15) is 5.75 Å². The van der Waals surface area contributed by atoms with Gasteiger partial charge < -0.3 is 30.2 Å². The molecule has 9 heteroatoms. The maximum absolute atomic E-state index is 12.2. The van der Waals surface area contributed by atoms with E-state index in [0.29, 0.717) is 48.5 Å². The van der Waals surface area contributed by atoms with Crippen LogP contribution in [0, 0.1) is 0 Å². The summed E-state index contributed by atoms with van der Waals surface area (Å²) in [6.07, 6.45) is 0. The van der Waals surface area contributed by atoms with E-state index in [4.69, 9.17) is 14.2 Å². The quantitative estimate of drug-likeness (QED) is 0.201. The molecule has 2 rings (SSSR count). The number of ether oxygens (including phenoxy) is 3. The molecule has 0 atom stereocenters. The lowest BCUT2D eigenvalue weighted by Gasteiger charge is -2.15. The second-order valence-corrected chi connectivity index (χ2v) is 5.91. The SMILES string of the molecule is CCOc1cc(NC(=NC)NCCNC(=O)c2cccc(OC)c2)ccc1OC.I. The minimum atomic E-state index is -0.162. The fraction of sp³-hybridized carbons (Fsp3) is 0.333. The summed E-state index contributed by atoms with van der Waals surface area (Å²) in [6.45, 7) is 3.40. The van der Waals surface area contributed by atoms with Gasteiger partial charge in [0.2, 0.25) is 0 Å². The van der Waals surface area contributed by atoms with E-state index in [0.717, 1.165) is 5.69 Å². The van der Waals surface area contributed by atoms with Crippen LogP contribution < -0.4 is 30.2 Å². The second kappa shape index (κ2) is 13.5. The minimum absolute atomic E-state index is 0. The van der Waals surface area contributed by atoms with Crippen molar-refractivity contribution < 1.29 is 19.0 Å². The number of guanidine groups is 1. The molecule has 3 N–H and O–H groups in total. The van der Waals surface area contributed by atoms with E-state index >= 15 is 0 Å². The van der Waals surface area contributed by atoms with Gasteiger partial charge in [-0.15, -0.1) is 24.0 Å². The Morgan fingerprint density at radius 3 is 2.43 bits per heavy atom. The Labute approximate surface area is 194 Å². The summed E-state index contributed by atoms with van der Waals surface area (Å²) in [5.74, 6) is 2.38. The molecule has 0 unspecified atom stereocenters. The van der Waals surface area contributed by atoms with E-state index < -0.39 is 0 Å². The zero-order valence-corrected chi connectivity index (χ0v) is 20.0. The van der Waals surface area contributed by atoms with Crippen molar-refractivity contribution in [3.05, 3.63) is 48.0 Å². The van der Waals surface area contributed by atoms with Gasteiger partial charge in [-0.1, -0.05) is 6.07 Å². The highest BCUT2D eigenvalue weighted by Crippen LogP contribution is 2.30. The molecule has 0 radical (unpaired) electrons. The number of benzene rings is 2. The van der Waals surface area contributed by atoms with E-state index in [2.05, 4.69) is 20.9 Å². The van der Waals surface area contributed by atoms with Gasteiger partial charge in [0.15, 0.2) is 17.5 Å². The van der Waals surface area contributed by atoms with E-state index in [1.54, 1.807) is 45.5 Å². The molecule has 0 aliphatic carbocycles. The van der Waals surface area contributed by atoms with Gasteiger partial charge in [-0.2, -0.15) is 0 Å². The Kier molecular flexibility index (Phi) is 11.4. The number of rotatable bonds is 9. The highest BCUT2D eigenvalue weighted by Gasteiger charge is 2.08. The molecule has 0 fully saturated rings. The molecule has 0 aliphatic rings. The first-order chi connectivity index (χ1) is 14.1. The molecular weight excluding hydrogens is 499 g/mol. The van der Waals surface area contributed by atoms with Crippen molar-refractivity contribution in [1.29, 1.82) is 0 Å². The van der Waals surface area contributed by atoms with Crippen molar-refractivity contribution in [2.45, 2.75) is 6.92 Å². The second-order valence-electron chi connectivity index (χ2n) is 5.91. The predicted molar refractivity (Wildman–Crippen MR) is 130 cm³/mol. The average molecular weight is 528 g/mol. The summed E-state index contributed by atoms with van der Waals surface area (Å²) in [5.41, 5.74) is 1.36. The molecule has 1 amide bonds. The van der Waals surface area contributed by atoms with E-state index in [9.17, 15) is 4.79 Å². The van der Waals surface area contributed by atoms with Gasteiger partial charge in [0.25, 0.3) is 5.91 Å². The van der Waals surface area contributed by atoms with Crippen molar-refractivity contribution in [3.8, 4) is 17.2 Å². The van der Waals surface area contributed by atoms with Crippen LogP contribution in [0.25, 0.3) is 0 Å². The first kappa shape index (κ1) is 25.3. The lowest BCUT2D eigenvalue weighted by molar-refractivity contribution is 0.0954. The summed E-state index contributed by atoms with van der Waals surface area (Å²) in [4.78, 5) is 16.4. The molecule has 30 heavy (non-hydrogen) atoms. The number of halogens is 1. The number of aliphatic imine (C=N–C) groups is 1. The number of anilines is 1. The number of nitrogens with zero attached hydrogens (tertiary/aromatic N) is 1. The summed E-state index contributed by atoms with van der Waals surface area (Å²) in [7, 11) is 4.85. The normalized spacial score (nSPS) is 10.5. The molecule has 0 saturated carbocycles. The Morgan fingerprint density at radius 2 is 1.77 bits per heavy atom. The van der Waals surface area contributed by atoms with E-state index in [1.807, 2.05) is 25.1 Å². The van der Waals surface area contributed by atoms with E-state index in [-0.39, 0.29) is 29.9 Å². The number of hydrogen-bond donors (Lipinski definition) is 3. The third-order valence-corrected chi connectivity index (χ3v) is 3.98. The number of methoxy groups -OCH3 is 2. The zero-order valence-electron chi connectivity index (χ0n) is 17.7. The van der Waals surface area contributed by atoms with Crippen LogP contribution in [-0.4, -0.2) is 52.8 Å². The fourth-order valence-electron chi connectivity index (χ4n) is 2.56. The molecule has 0 aromatic heterocycles. The lowest BCUT2D eigenvalue weighted by Crippen LogP contribution is -2.37. The zero-order chi connectivity index (χ0) is 21.1. The fourth-order valence-corrected chi connectivity index (χ4v) is 2.56. The Bertz CT molecular complexity index is 846. The number of nitrogens with one attached hydrogen (secondary N) is 3. The molecule has 0 spiro atoms. The topological polar surface area (TPSA) is 93.2 Å². The predicted octanol–water partition coefficient (Wildman–Crippen LogP) is 3.14. The number of carbonyl (C=O) groups is 1. The minimum Gasteiger partial charge on any atom is -0.497 e. The molecule has 0 bridgehead atoms. The first-order valence-electron chi connectivity index (χ1n) is 9.32. The number of hydrogen-bond acceptors (Lipinski definition) is 5. The molecule has 2 aromatic carbocycles. The molecular formula is C21H29IN4O4. The van der Waals surface area contributed by atoms with Gasteiger partial charge in [-0.25, -0.2) is 0 Å². The maximum atomic E-state index is 12.2. The van der Waals surface area contributed by atoms with Crippen LogP contribution in [0.4, 0.5) is 5.69 Å². The summed E-state index contributed by atoms with van der Waals surface area (Å²) >= 11 is 0. The van der Waals surface area contributed by atoms with Crippen molar-refractivity contribution in [3.63, 3.8) is 0 Å². The van der Waals surface area contributed by atoms with Crippen molar-refractivity contribution >= 4 is 41.5 Å². The van der Waals surface area contributed by atoms with Crippen LogP contribution in [0.5, 0.6) is 17.2 Å². The maximum Gasteiger partial charge on any atom is 0.251 e. The van der Waals surface area contributed by atoms with Crippen LogP contribution in [0.2, 0.25) is 0 Å². The van der Waals surface area contributed by atoms with Gasteiger partial charge >= 0.3 is 0 Å². The standard InChI is InChI=1S/C21H28N4O4.HI/c1-5-29-19-14-16(9-10-18(19)28-4)25-21(22-2)24-12-11-23-20(26)15-7-6-8-17(13-15)27-3;/h6-10,13-14H,5,11-12H2,1-4H3,(H,23,26)(H2,22,24,25);1H. The molecule has 0 heterocycles. The third kappa shape index (κ3) is 7.62. The lowest BCUT2D eigenvalue weighted by atomic mass is 10.2. The monoisotopic (exact) mass is 528 g/mol. The highest BCUT2D eigenvalue weighted by atomic mass is 127. The third-order valence-electron chi connectivity index (χ3n) is 3.98. The van der Waals surface area contributed by atoms with Crippen molar-refractivity contribution in [2.75, 3.05) is 46.3 Å². The molecule has 8 nitrogen and oxygen atoms in total. The van der Waals surface area contributed by atoms with Crippen molar-refractivity contribution in [1.82, 2.24) is 10.6 Å². The highest BCUT2D eigenvalue weighted by molar-refractivity contribution is 14.0. The number of amides is 1. The van der Waals surface area contributed by atoms with Gasteiger partial charge in [0, 0.05) is 37.5 Å². The van der Waals surface area contributed by atoms with Gasteiger partial charge in [0.05, 0.1) is 20.8 Å². The molecule has 0 saturated heterocycles. The van der Waals surface area contributed by atoms with E-state index in [1.165, 1.54) is 0 Å². The summed E-state index contributed by atoms with van der Waals surface area (Å²) in [6, 6.07) is 12.6.